The highest BCUT2D eigenvalue weighted by molar-refractivity contribution is 7.98. The van der Waals surface area contributed by atoms with Gasteiger partial charge in [-0.1, -0.05) is 35.5 Å². The summed E-state index contributed by atoms with van der Waals surface area (Å²) in [4.78, 5) is 12.5. The number of hydrogen-bond donors (Lipinski definition) is 1. The number of halogens is 1. The van der Waals surface area contributed by atoms with Crippen molar-refractivity contribution in [1.29, 1.82) is 0 Å². The molecule has 0 saturated heterocycles. The van der Waals surface area contributed by atoms with Crippen molar-refractivity contribution in [3.63, 3.8) is 0 Å². The normalized spacial score (nSPS) is 13.5. The number of thioether (sulfide) groups is 1. The lowest BCUT2D eigenvalue weighted by molar-refractivity contribution is 0.102. The molecule has 3 aromatic rings. The molecule has 0 unspecified atom stereocenters. The Morgan fingerprint density at radius 1 is 1.21 bits per heavy atom. The van der Waals surface area contributed by atoms with Gasteiger partial charge in [-0.2, -0.15) is 0 Å². The molecular formula is C22H23ClN4OS. The monoisotopic (exact) mass is 426 g/mol. The SMILES string of the molecule is CCn1c(SCc2ccc(C(=O)Nc3ccc(Cl)c(C)c3)cc2)nnc1C1CC1. The van der Waals surface area contributed by atoms with Crippen molar-refractivity contribution in [3.8, 4) is 0 Å². The van der Waals surface area contributed by atoms with E-state index in [4.69, 9.17) is 11.6 Å². The Kier molecular flexibility index (Phi) is 5.92. The number of nitrogens with one attached hydrogen (secondary N) is 1. The standard InChI is InChI=1S/C22H23ClN4OS/c1-3-27-20(16-8-9-16)25-26-22(27)29-13-15-4-6-17(7-5-15)21(28)24-18-10-11-19(23)14(2)12-18/h4-7,10-12,16H,3,8-9,13H2,1-2H3,(H,24,28). The third-order valence-corrected chi connectivity index (χ3v) is 6.47. The van der Waals surface area contributed by atoms with Gasteiger partial charge in [0, 0.05) is 34.5 Å². The van der Waals surface area contributed by atoms with Crippen molar-refractivity contribution in [2.24, 2.45) is 0 Å². The van der Waals surface area contributed by atoms with Crippen LogP contribution in [0.15, 0.2) is 47.6 Å². The van der Waals surface area contributed by atoms with Crippen LogP contribution in [0.25, 0.3) is 0 Å². The Balaban J connectivity index is 1.37. The molecule has 1 aromatic heterocycles. The fourth-order valence-corrected chi connectivity index (χ4v) is 4.26. The van der Waals surface area contributed by atoms with Crippen molar-refractivity contribution in [2.75, 3.05) is 5.32 Å². The van der Waals surface area contributed by atoms with Gasteiger partial charge >= 0.3 is 0 Å². The quantitative estimate of drug-likeness (QED) is 0.493. The molecule has 1 fully saturated rings. The van der Waals surface area contributed by atoms with Gasteiger partial charge in [0.15, 0.2) is 5.16 Å². The lowest BCUT2D eigenvalue weighted by Gasteiger charge is -2.08. The van der Waals surface area contributed by atoms with Crippen LogP contribution in [0, 0.1) is 6.92 Å². The van der Waals surface area contributed by atoms with Crippen molar-refractivity contribution >= 4 is 35.0 Å². The third kappa shape index (κ3) is 4.65. The van der Waals surface area contributed by atoms with E-state index >= 15 is 0 Å². The van der Waals surface area contributed by atoms with Gasteiger partial charge in [-0.05, 0) is 68.1 Å². The number of aryl methyl sites for hydroxylation is 1. The van der Waals surface area contributed by atoms with E-state index in [1.807, 2.05) is 37.3 Å². The maximum atomic E-state index is 12.5. The van der Waals surface area contributed by atoms with Crippen LogP contribution in [-0.2, 0) is 12.3 Å². The van der Waals surface area contributed by atoms with E-state index in [9.17, 15) is 4.79 Å². The molecule has 150 valence electrons. The summed E-state index contributed by atoms with van der Waals surface area (Å²) in [5.74, 6) is 2.38. The molecule has 4 rings (SSSR count). The van der Waals surface area contributed by atoms with Crippen LogP contribution in [0.2, 0.25) is 5.02 Å². The zero-order valence-electron chi connectivity index (χ0n) is 16.5. The first-order valence-electron chi connectivity index (χ1n) is 9.77. The van der Waals surface area contributed by atoms with Crippen molar-refractivity contribution < 1.29 is 4.79 Å². The Labute approximate surface area is 179 Å². The van der Waals surface area contributed by atoms with Gasteiger partial charge in [0.1, 0.15) is 5.82 Å². The Morgan fingerprint density at radius 2 is 1.97 bits per heavy atom. The summed E-state index contributed by atoms with van der Waals surface area (Å²) >= 11 is 7.73. The maximum absolute atomic E-state index is 12.5. The Bertz CT molecular complexity index is 1030. The summed E-state index contributed by atoms with van der Waals surface area (Å²) in [5.41, 5.74) is 3.44. The predicted molar refractivity (Wildman–Crippen MR) is 118 cm³/mol. The fourth-order valence-electron chi connectivity index (χ4n) is 3.17. The number of benzene rings is 2. The van der Waals surface area contributed by atoms with E-state index in [-0.39, 0.29) is 5.91 Å². The molecule has 1 saturated carbocycles. The summed E-state index contributed by atoms with van der Waals surface area (Å²) in [6, 6.07) is 13.1. The van der Waals surface area contributed by atoms with E-state index in [2.05, 4.69) is 27.0 Å². The number of rotatable bonds is 7. The molecule has 0 atom stereocenters. The Hall–Kier alpha value is -2.31. The third-order valence-electron chi connectivity index (χ3n) is 5.00. The summed E-state index contributed by atoms with van der Waals surface area (Å²) < 4.78 is 2.22. The Morgan fingerprint density at radius 3 is 2.62 bits per heavy atom. The molecule has 1 N–H and O–H groups in total. The molecule has 29 heavy (non-hydrogen) atoms. The molecule has 0 bridgehead atoms. The van der Waals surface area contributed by atoms with Gasteiger partial charge in [-0.15, -0.1) is 10.2 Å². The van der Waals surface area contributed by atoms with E-state index < -0.39 is 0 Å². The summed E-state index contributed by atoms with van der Waals surface area (Å²) in [7, 11) is 0. The predicted octanol–water partition coefficient (Wildman–Crippen LogP) is 5.68. The van der Waals surface area contributed by atoms with Crippen LogP contribution in [0.4, 0.5) is 5.69 Å². The van der Waals surface area contributed by atoms with Crippen LogP contribution in [-0.4, -0.2) is 20.7 Å². The van der Waals surface area contributed by atoms with Crippen LogP contribution in [0.1, 0.15) is 53.0 Å². The molecule has 1 amide bonds. The number of anilines is 1. The smallest absolute Gasteiger partial charge is 0.255 e. The first kappa shape index (κ1) is 20.0. The fraction of sp³-hybridized carbons (Fsp3) is 0.318. The molecular weight excluding hydrogens is 404 g/mol. The number of carbonyl (C=O) groups is 1. The minimum atomic E-state index is -0.134. The van der Waals surface area contributed by atoms with Crippen LogP contribution in [0.5, 0.6) is 0 Å². The van der Waals surface area contributed by atoms with Gasteiger partial charge in [-0.3, -0.25) is 4.79 Å². The highest BCUT2D eigenvalue weighted by atomic mass is 35.5. The molecule has 1 aliphatic rings. The average molecular weight is 427 g/mol. The van der Waals surface area contributed by atoms with Gasteiger partial charge in [0.25, 0.3) is 5.91 Å². The van der Waals surface area contributed by atoms with Crippen LogP contribution < -0.4 is 5.32 Å². The summed E-state index contributed by atoms with van der Waals surface area (Å²) in [6.45, 7) is 4.94. The van der Waals surface area contributed by atoms with Gasteiger partial charge in [0.2, 0.25) is 0 Å². The number of amides is 1. The highest BCUT2D eigenvalue weighted by Crippen LogP contribution is 2.40. The zero-order chi connectivity index (χ0) is 20.4. The first-order valence-corrected chi connectivity index (χ1v) is 11.1. The topological polar surface area (TPSA) is 59.8 Å². The molecule has 0 spiro atoms. The zero-order valence-corrected chi connectivity index (χ0v) is 18.1. The first-order chi connectivity index (χ1) is 14.0. The lowest BCUT2D eigenvalue weighted by atomic mass is 10.1. The number of carbonyl (C=O) groups excluding carboxylic acids is 1. The lowest BCUT2D eigenvalue weighted by Crippen LogP contribution is -2.11. The summed E-state index contributed by atoms with van der Waals surface area (Å²) in [6.07, 6.45) is 2.45. The number of aromatic nitrogens is 3. The van der Waals surface area contributed by atoms with Crippen LogP contribution >= 0.6 is 23.4 Å². The number of hydrogen-bond acceptors (Lipinski definition) is 4. The second kappa shape index (κ2) is 8.59. The molecule has 7 heteroatoms. The average Bonchev–Trinajstić information content (AvgIpc) is 3.49. The van der Waals surface area contributed by atoms with E-state index in [0.29, 0.717) is 16.5 Å². The van der Waals surface area contributed by atoms with E-state index in [1.165, 1.54) is 12.8 Å². The van der Waals surface area contributed by atoms with Gasteiger partial charge in [-0.25, -0.2) is 0 Å². The van der Waals surface area contributed by atoms with E-state index in [0.717, 1.165) is 40.1 Å². The molecule has 0 radical (unpaired) electrons. The van der Waals surface area contributed by atoms with Gasteiger partial charge < -0.3 is 9.88 Å². The summed E-state index contributed by atoms with van der Waals surface area (Å²) in [5, 5.41) is 13.3. The maximum Gasteiger partial charge on any atom is 0.255 e. The molecule has 1 heterocycles. The van der Waals surface area contributed by atoms with E-state index in [1.54, 1.807) is 23.9 Å². The van der Waals surface area contributed by atoms with Crippen molar-refractivity contribution in [1.82, 2.24) is 14.8 Å². The minimum absolute atomic E-state index is 0.134. The molecule has 1 aliphatic carbocycles. The molecule has 2 aromatic carbocycles. The largest absolute Gasteiger partial charge is 0.322 e. The number of nitrogens with zero attached hydrogens (tertiary/aromatic N) is 3. The highest BCUT2D eigenvalue weighted by Gasteiger charge is 2.29. The molecule has 5 nitrogen and oxygen atoms in total. The van der Waals surface area contributed by atoms with Crippen molar-refractivity contribution in [3.05, 3.63) is 70.0 Å². The van der Waals surface area contributed by atoms with Gasteiger partial charge in [0.05, 0.1) is 0 Å². The second-order valence-electron chi connectivity index (χ2n) is 7.26. The second-order valence-corrected chi connectivity index (χ2v) is 8.61. The minimum Gasteiger partial charge on any atom is -0.322 e. The molecule has 0 aliphatic heterocycles. The van der Waals surface area contributed by atoms with Crippen molar-refractivity contribution in [2.45, 2.75) is 50.1 Å². The van der Waals surface area contributed by atoms with Crippen LogP contribution in [0.3, 0.4) is 0 Å².